The summed E-state index contributed by atoms with van der Waals surface area (Å²) in [4.78, 5) is 15.0. The number of aryl methyl sites for hydroxylation is 2. The zero-order valence-electron chi connectivity index (χ0n) is 16.0. The van der Waals surface area contributed by atoms with E-state index in [1.54, 1.807) is 10.6 Å². The number of phenolic OH excluding ortho intramolecular Hbond substituents is 1. The monoisotopic (exact) mass is 403 g/mol. The Hall–Kier alpha value is -2.71. The fraction of sp³-hybridized carbons (Fsp3) is 0.381. The number of imidazole rings is 1. The van der Waals surface area contributed by atoms with Crippen LogP contribution in [0.15, 0.2) is 35.1 Å². The van der Waals surface area contributed by atoms with Crippen molar-refractivity contribution in [3.05, 3.63) is 63.6 Å². The highest BCUT2D eigenvalue weighted by atomic mass is 19.1. The molecule has 1 unspecified atom stereocenters. The summed E-state index contributed by atoms with van der Waals surface area (Å²) in [6.07, 6.45) is 0.543. The number of aromatic hydroxyl groups is 1. The Morgan fingerprint density at radius 2 is 2.14 bits per heavy atom. The average Bonchev–Trinajstić information content (AvgIpc) is 2.93. The van der Waals surface area contributed by atoms with E-state index in [-0.39, 0.29) is 29.8 Å². The number of nitrogens with zero attached hydrogens (tertiary/aromatic N) is 1. The van der Waals surface area contributed by atoms with Gasteiger partial charge in [-0.3, -0.25) is 4.57 Å². The van der Waals surface area contributed by atoms with Gasteiger partial charge in [0.25, 0.3) is 0 Å². The number of hydrogen-bond donors (Lipinski definition) is 4. The second-order valence-corrected chi connectivity index (χ2v) is 7.67. The van der Waals surface area contributed by atoms with Crippen LogP contribution in [0.5, 0.6) is 5.75 Å². The van der Waals surface area contributed by atoms with Gasteiger partial charge in [-0.2, -0.15) is 0 Å². The van der Waals surface area contributed by atoms with Gasteiger partial charge in [0.2, 0.25) is 0 Å². The summed E-state index contributed by atoms with van der Waals surface area (Å²) in [6, 6.07) is 6.84. The number of benzene rings is 2. The Morgan fingerprint density at radius 1 is 1.34 bits per heavy atom. The first kappa shape index (κ1) is 19.6. The number of halogens is 2. The lowest BCUT2D eigenvalue weighted by Crippen LogP contribution is -2.41. The summed E-state index contributed by atoms with van der Waals surface area (Å²) >= 11 is 0. The van der Waals surface area contributed by atoms with E-state index in [2.05, 4.69) is 10.3 Å². The van der Waals surface area contributed by atoms with Crippen molar-refractivity contribution < 1.29 is 19.0 Å². The van der Waals surface area contributed by atoms with E-state index in [1.807, 2.05) is 19.1 Å². The first-order chi connectivity index (χ1) is 13.8. The van der Waals surface area contributed by atoms with Crippen LogP contribution >= 0.6 is 0 Å². The van der Waals surface area contributed by atoms with Crippen LogP contribution in [0.3, 0.4) is 0 Å². The van der Waals surface area contributed by atoms with Crippen LogP contribution in [0.25, 0.3) is 11.0 Å². The van der Waals surface area contributed by atoms with E-state index >= 15 is 0 Å². The third-order valence-electron chi connectivity index (χ3n) is 5.64. The van der Waals surface area contributed by atoms with Crippen LogP contribution in [-0.4, -0.2) is 31.8 Å². The molecule has 0 amide bonds. The van der Waals surface area contributed by atoms with Gasteiger partial charge in [-0.05, 0) is 43.9 Å². The molecule has 0 radical (unpaired) electrons. The number of aromatic nitrogens is 2. The molecule has 2 aromatic carbocycles. The predicted molar refractivity (Wildman–Crippen MR) is 105 cm³/mol. The van der Waals surface area contributed by atoms with Crippen LogP contribution in [0.1, 0.15) is 37.0 Å². The molecule has 1 aromatic heterocycles. The number of rotatable bonds is 5. The van der Waals surface area contributed by atoms with E-state index in [0.717, 1.165) is 11.6 Å². The van der Waals surface area contributed by atoms with Crippen molar-refractivity contribution in [3.63, 3.8) is 0 Å². The molecule has 8 heteroatoms. The third kappa shape index (κ3) is 3.65. The maximum Gasteiger partial charge on any atom is 0.326 e. The van der Waals surface area contributed by atoms with Crippen LogP contribution in [0, 0.1) is 11.6 Å². The lowest BCUT2D eigenvalue weighted by molar-refractivity contribution is 0.119. The summed E-state index contributed by atoms with van der Waals surface area (Å²) in [7, 11) is 0. The molecule has 4 N–H and O–H groups in total. The molecule has 4 rings (SSSR count). The Morgan fingerprint density at radius 3 is 2.93 bits per heavy atom. The van der Waals surface area contributed by atoms with Gasteiger partial charge < -0.3 is 20.5 Å². The minimum absolute atomic E-state index is 0.0877. The fourth-order valence-corrected chi connectivity index (χ4v) is 4.15. The highest BCUT2D eigenvalue weighted by molar-refractivity contribution is 5.79. The van der Waals surface area contributed by atoms with Gasteiger partial charge in [-0.25, -0.2) is 13.6 Å². The Labute approximate surface area is 165 Å². The van der Waals surface area contributed by atoms with E-state index < -0.39 is 23.5 Å². The summed E-state index contributed by atoms with van der Waals surface area (Å²) in [5.74, 6) is -2.23. The average molecular weight is 403 g/mol. The quantitative estimate of drug-likeness (QED) is 0.527. The maximum absolute atomic E-state index is 13.5. The number of phenols is 1. The number of H-pyrrole nitrogens is 1. The highest BCUT2D eigenvalue weighted by Gasteiger charge is 2.29. The molecule has 6 nitrogen and oxygen atoms in total. The normalized spacial score (nSPS) is 20.0. The molecule has 1 aliphatic rings. The van der Waals surface area contributed by atoms with Gasteiger partial charge in [-0.1, -0.05) is 12.1 Å². The number of para-hydroxylation sites is 1. The minimum Gasteiger partial charge on any atom is -0.505 e. The molecule has 0 aliphatic carbocycles. The fourth-order valence-electron chi connectivity index (χ4n) is 4.15. The van der Waals surface area contributed by atoms with Gasteiger partial charge in [0.15, 0.2) is 11.6 Å². The molecule has 29 heavy (non-hydrogen) atoms. The summed E-state index contributed by atoms with van der Waals surface area (Å²) in [5, 5.41) is 24.1. The number of aliphatic hydroxyl groups excluding tert-OH is 1. The lowest BCUT2D eigenvalue weighted by Gasteiger charge is -2.26. The summed E-state index contributed by atoms with van der Waals surface area (Å²) in [5.41, 5.74) is 2.13. The predicted octanol–water partition coefficient (Wildman–Crippen LogP) is 2.73. The molecule has 2 heterocycles. The SMILES string of the molecule is CC(CCc1cc(F)cc(F)c1O)N[C@@H]1CCn2c(=O)[nH]c3cccc(c32)[C@H]1O. The molecule has 0 spiro atoms. The number of nitrogens with one attached hydrogen (secondary N) is 2. The third-order valence-corrected chi connectivity index (χ3v) is 5.64. The smallest absolute Gasteiger partial charge is 0.326 e. The van der Waals surface area contributed by atoms with Crippen molar-refractivity contribution in [2.45, 2.75) is 50.9 Å². The Balaban J connectivity index is 1.48. The summed E-state index contributed by atoms with van der Waals surface area (Å²) in [6.45, 7) is 2.38. The number of hydrogen-bond acceptors (Lipinski definition) is 4. The van der Waals surface area contributed by atoms with Gasteiger partial charge >= 0.3 is 5.69 Å². The molecule has 3 atom stereocenters. The van der Waals surface area contributed by atoms with E-state index in [0.29, 0.717) is 36.5 Å². The lowest BCUT2D eigenvalue weighted by atomic mass is 9.98. The zero-order valence-corrected chi connectivity index (χ0v) is 16.0. The van der Waals surface area contributed by atoms with Crippen LogP contribution in [0.2, 0.25) is 0 Å². The van der Waals surface area contributed by atoms with Gasteiger partial charge in [0.05, 0.1) is 17.1 Å². The van der Waals surface area contributed by atoms with Crippen molar-refractivity contribution >= 4 is 11.0 Å². The highest BCUT2D eigenvalue weighted by Crippen LogP contribution is 2.30. The molecule has 154 valence electrons. The molecular weight excluding hydrogens is 380 g/mol. The van der Waals surface area contributed by atoms with E-state index in [1.165, 1.54) is 0 Å². The molecule has 0 saturated carbocycles. The first-order valence-corrected chi connectivity index (χ1v) is 9.67. The summed E-state index contributed by atoms with van der Waals surface area (Å²) < 4.78 is 28.6. The van der Waals surface area contributed by atoms with Gasteiger partial charge in [-0.15, -0.1) is 0 Å². The second kappa shape index (κ2) is 7.61. The Bertz CT molecular complexity index is 1110. The molecule has 0 saturated heterocycles. The van der Waals surface area contributed by atoms with Crippen LogP contribution < -0.4 is 11.0 Å². The Kier molecular flexibility index (Phi) is 5.14. The van der Waals surface area contributed by atoms with E-state index in [9.17, 15) is 23.8 Å². The maximum atomic E-state index is 13.5. The van der Waals surface area contributed by atoms with Gasteiger partial charge in [0, 0.05) is 30.3 Å². The van der Waals surface area contributed by atoms with E-state index in [4.69, 9.17) is 0 Å². The van der Waals surface area contributed by atoms with Crippen molar-refractivity contribution in [2.75, 3.05) is 0 Å². The number of aliphatic hydroxyl groups is 1. The van der Waals surface area contributed by atoms with Crippen LogP contribution in [0.4, 0.5) is 8.78 Å². The molecule has 0 fully saturated rings. The zero-order chi connectivity index (χ0) is 20.7. The molecule has 0 bridgehead atoms. The van der Waals surface area contributed by atoms with Crippen molar-refractivity contribution in [1.29, 1.82) is 0 Å². The van der Waals surface area contributed by atoms with Crippen molar-refractivity contribution in [1.82, 2.24) is 14.9 Å². The van der Waals surface area contributed by atoms with Crippen molar-refractivity contribution in [3.8, 4) is 5.75 Å². The minimum atomic E-state index is -0.972. The first-order valence-electron chi connectivity index (χ1n) is 9.67. The van der Waals surface area contributed by atoms with Crippen molar-refractivity contribution in [2.24, 2.45) is 0 Å². The standard InChI is InChI=1S/C21H23F2N3O3/c1-11(5-6-12-9-13(22)10-15(23)19(12)27)24-17-7-8-26-18-14(20(17)28)3-2-4-16(18)25-21(26)29/h2-4,9-11,17,20,24,27-28H,5-8H2,1H3,(H,25,29)/t11?,17-,20-/m1/s1. The number of aromatic amines is 1. The molecule has 3 aromatic rings. The molecule has 1 aliphatic heterocycles. The van der Waals surface area contributed by atoms with Gasteiger partial charge in [0.1, 0.15) is 5.82 Å². The molecular formula is C21H23F2N3O3. The topological polar surface area (TPSA) is 90.3 Å². The largest absolute Gasteiger partial charge is 0.505 e. The van der Waals surface area contributed by atoms with Crippen LogP contribution in [-0.2, 0) is 13.0 Å². The second-order valence-electron chi connectivity index (χ2n) is 7.67.